The quantitative estimate of drug-likeness (QED) is 0.862. The Kier molecular flexibility index (Phi) is 4.59. The van der Waals surface area contributed by atoms with Crippen LogP contribution < -0.4 is 5.32 Å². The molecule has 0 atom stereocenters. The minimum Gasteiger partial charge on any atom is -0.508 e. The summed E-state index contributed by atoms with van der Waals surface area (Å²) in [6.07, 6.45) is 3.55. The van der Waals surface area contributed by atoms with Gasteiger partial charge in [0.05, 0.1) is 0 Å². The van der Waals surface area contributed by atoms with E-state index in [0.717, 1.165) is 32.5 Å². The largest absolute Gasteiger partial charge is 0.508 e. The van der Waals surface area contributed by atoms with E-state index >= 15 is 0 Å². The second kappa shape index (κ2) is 6.40. The maximum Gasteiger partial charge on any atom is 0.224 e. The number of ether oxygens (including phenoxy) is 1. The van der Waals surface area contributed by atoms with Crippen LogP contribution in [0.3, 0.4) is 0 Å². The molecule has 1 fully saturated rings. The molecule has 1 aromatic carbocycles. The molecule has 1 aliphatic rings. The van der Waals surface area contributed by atoms with E-state index < -0.39 is 0 Å². The number of hydrogen-bond acceptors (Lipinski definition) is 3. The van der Waals surface area contributed by atoms with Gasteiger partial charge in [-0.25, -0.2) is 0 Å². The van der Waals surface area contributed by atoms with Gasteiger partial charge >= 0.3 is 0 Å². The molecule has 1 heterocycles. The fourth-order valence-electron chi connectivity index (χ4n) is 2.18. The number of benzene rings is 1. The summed E-state index contributed by atoms with van der Waals surface area (Å²) < 4.78 is 5.29. The Bertz CT molecular complexity index is 400. The lowest BCUT2D eigenvalue weighted by atomic mass is 9.95. The summed E-state index contributed by atoms with van der Waals surface area (Å²) in [6, 6.07) is 6.61. The molecule has 1 amide bonds. The molecular formula is C14H19NO3. The average Bonchev–Trinajstić information content (AvgIpc) is 2.38. The first-order valence-electron chi connectivity index (χ1n) is 6.40. The molecule has 2 rings (SSSR count). The molecule has 0 spiro atoms. The number of phenols is 1. The molecule has 2 N–H and O–H groups in total. The number of anilines is 1. The number of carbonyl (C=O) groups excluding carboxylic acids is 1. The zero-order valence-electron chi connectivity index (χ0n) is 10.4. The van der Waals surface area contributed by atoms with Gasteiger partial charge in [-0.05, 0) is 37.3 Å². The highest BCUT2D eigenvalue weighted by molar-refractivity contribution is 5.90. The molecule has 0 unspecified atom stereocenters. The molecule has 0 saturated carbocycles. The zero-order valence-corrected chi connectivity index (χ0v) is 10.4. The summed E-state index contributed by atoms with van der Waals surface area (Å²) in [4.78, 5) is 11.7. The molecule has 4 heteroatoms. The second-order valence-electron chi connectivity index (χ2n) is 4.69. The van der Waals surface area contributed by atoms with Gasteiger partial charge in [-0.2, -0.15) is 0 Å². The lowest BCUT2D eigenvalue weighted by Gasteiger charge is -2.21. The first-order chi connectivity index (χ1) is 8.74. The van der Waals surface area contributed by atoms with Crippen molar-refractivity contribution in [3.8, 4) is 5.75 Å². The van der Waals surface area contributed by atoms with Crippen molar-refractivity contribution in [1.82, 2.24) is 0 Å². The topological polar surface area (TPSA) is 58.6 Å². The van der Waals surface area contributed by atoms with Crippen molar-refractivity contribution >= 4 is 11.6 Å². The van der Waals surface area contributed by atoms with Crippen molar-refractivity contribution in [3.63, 3.8) is 0 Å². The summed E-state index contributed by atoms with van der Waals surface area (Å²) in [5.74, 6) is 0.776. The highest BCUT2D eigenvalue weighted by atomic mass is 16.5. The van der Waals surface area contributed by atoms with Crippen LogP contribution in [-0.2, 0) is 9.53 Å². The molecule has 4 nitrogen and oxygen atoms in total. The van der Waals surface area contributed by atoms with Crippen LogP contribution in [-0.4, -0.2) is 24.2 Å². The van der Waals surface area contributed by atoms with Gasteiger partial charge in [0.2, 0.25) is 5.91 Å². The van der Waals surface area contributed by atoms with E-state index in [0.29, 0.717) is 18.0 Å². The standard InChI is InChI=1S/C14H19NO3/c16-13-3-1-2-12(10-13)15-14(17)5-4-11-6-8-18-9-7-11/h1-3,10-11,16H,4-9H2,(H,15,17). The van der Waals surface area contributed by atoms with Crippen LogP contribution in [0.25, 0.3) is 0 Å². The molecule has 0 aliphatic carbocycles. The third-order valence-corrected chi connectivity index (χ3v) is 3.25. The Morgan fingerprint density at radius 3 is 2.89 bits per heavy atom. The van der Waals surface area contributed by atoms with E-state index in [1.54, 1.807) is 24.3 Å². The normalized spacial score (nSPS) is 16.4. The molecule has 0 aromatic heterocycles. The Balaban J connectivity index is 1.74. The number of carbonyl (C=O) groups is 1. The fourth-order valence-corrected chi connectivity index (χ4v) is 2.18. The Morgan fingerprint density at radius 1 is 1.39 bits per heavy atom. The molecule has 1 aromatic rings. The molecule has 0 bridgehead atoms. The van der Waals surface area contributed by atoms with E-state index in [1.165, 1.54) is 0 Å². The number of hydrogen-bond donors (Lipinski definition) is 2. The maximum absolute atomic E-state index is 11.7. The first-order valence-corrected chi connectivity index (χ1v) is 6.40. The van der Waals surface area contributed by atoms with Crippen molar-refractivity contribution < 1.29 is 14.6 Å². The van der Waals surface area contributed by atoms with Gasteiger partial charge in [-0.15, -0.1) is 0 Å². The van der Waals surface area contributed by atoms with Crippen LogP contribution in [0.1, 0.15) is 25.7 Å². The van der Waals surface area contributed by atoms with Gasteiger partial charge in [0.25, 0.3) is 0 Å². The molecule has 1 aliphatic heterocycles. The van der Waals surface area contributed by atoms with Crippen molar-refractivity contribution in [2.75, 3.05) is 18.5 Å². The third kappa shape index (κ3) is 4.04. The van der Waals surface area contributed by atoms with Crippen LogP contribution >= 0.6 is 0 Å². The first kappa shape index (κ1) is 12.9. The summed E-state index contributed by atoms with van der Waals surface area (Å²) in [6.45, 7) is 1.64. The smallest absolute Gasteiger partial charge is 0.224 e. The van der Waals surface area contributed by atoms with Gasteiger partial charge in [-0.1, -0.05) is 6.07 Å². The second-order valence-corrected chi connectivity index (χ2v) is 4.69. The Morgan fingerprint density at radius 2 is 2.17 bits per heavy atom. The summed E-state index contributed by atoms with van der Waals surface area (Å²) >= 11 is 0. The SMILES string of the molecule is O=C(CCC1CCOCC1)Nc1cccc(O)c1. The van der Waals surface area contributed by atoms with E-state index in [4.69, 9.17) is 4.74 Å². The fraction of sp³-hybridized carbons (Fsp3) is 0.500. The van der Waals surface area contributed by atoms with E-state index in [-0.39, 0.29) is 11.7 Å². The Labute approximate surface area is 107 Å². The van der Waals surface area contributed by atoms with Gasteiger partial charge in [0, 0.05) is 31.4 Å². The summed E-state index contributed by atoms with van der Waals surface area (Å²) in [5.41, 5.74) is 0.645. The number of phenolic OH excluding ortho intramolecular Hbond substituents is 1. The van der Waals surface area contributed by atoms with E-state index in [2.05, 4.69) is 5.32 Å². The summed E-state index contributed by atoms with van der Waals surface area (Å²) in [7, 11) is 0. The van der Waals surface area contributed by atoms with Crippen LogP contribution in [0.5, 0.6) is 5.75 Å². The number of nitrogens with one attached hydrogen (secondary N) is 1. The highest BCUT2D eigenvalue weighted by Gasteiger charge is 2.15. The van der Waals surface area contributed by atoms with Crippen LogP contribution in [0.2, 0.25) is 0 Å². The maximum atomic E-state index is 11.7. The van der Waals surface area contributed by atoms with Crippen molar-refractivity contribution in [3.05, 3.63) is 24.3 Å². The van der Waals surface area contributed by atoms with Gasteiger partial charge in [0.1, 0.15) is 5.75 Å². The summed E-state index contributed by atoms with van der Waals surface area (Å²) in [5, 5.41) is 12.1. The lowest BCUT2D eigenvalue weighted by Crippen LogP contribution is -2.18. The monoisotopic (exact) mass is 249 g/mol. The van der Waals surface area contributed by atoms with Crippen LogP contribution in [0, 0.1) is 5.92 Å². The van der Waals surface area contributed by atoms with E-state index in [9.17, 15) is 9.90 Å². The number of rotatable bonds is 4. The van der Waals surface area contributed by atoms with Crippen molar-refractivity contribution in [2.45, 2.75) is 25.7 Å². The van der Waals surface area contributed by atoms with Gasteiger partial charge < -0.3 is 15.2 Å². The molecule has 98 valence electrons. The van der Waals surface area contributed by atoms with Gasteiger partial charge in [0.15, 0.2) is 0 Å². The molecular weight excluding hydrogens is 230 g/mol. The average molecular weight is 249 g/mol. The van der Waals surface area contributed by atoms with Crippen LogP contribution in [0.4, 0.5) is 5.69 Å². The molecule has 1 saturated heterocycles. The minimum atomic E-state index is 0.00657. The zero-order chi connectivity index (χ0) is 12.8. The predicted octanol–water partition coefficient (Wildman–Crippen LogP) is 2.54. The Hall–Kier alpha value is -1.55. The minimum absolute atomic E-state index is 0.00657. The van der Waals surface area contributed by atoms with Crippen LogP contribution in [0.15, 0.2) is 24.3 Å². The van der Waals surface area contributed by atoms with Crippen molar-refractivity contribution in [2.24, 2.45) is 5.92 Å². The molecule has 0 radical (unpaired) electrons. The lowest BCUT2D eigenvalue weighted by molar-refractivity contribution is -0.116. The number of aromatic hydroxyl groups is 1. The van der Waals surface area contributed by atoms with Gasteiger partial charge in [-0.3, -0.25) is 4.79 Å². The third-order valence-electron chi connectivity index (χ3n) is 3.25. The highest BCUT2D eigenvalue weighted by Crippen LogP contribution is 2.21. The molecule has 18 heavy (non-hydrogen) atoms. The van der Waals surface area contributed by atoms with E-state index in [1.807, 2.05) is 0 Å². The van der Waals surface area contributed by atoms with Crippen molar-refractivity contribution in [1.29, 1.82) is 0 Å². The number of amides is 1. The predicted molar refractivity (Wildman–Crippen MR) is 69.5 cm³/mol.